The van der Waals surface area contributed by atoms with Crippen LogP contribution >= 0.6 is 0 Å². The number of ether oxygens (including phenoxy) is 3. The minimum Gasteiger partial charge on any atom is -0.458 e. The Labute approximate surface area is 157 Å². The zero-order chi connectivity index (χ0) is 20.3. The van der Waals surface area contributed by atoms with Gasteiger partial charge in [0.2, 0.25) is 0 Å². The van der Waals surface area contributed by atoms with Crippen LogP contribution in [0.25, 0.3) is 0 Å². The van der Waals surface area contributed by atoms with E-state index in [4.69, 9.17) is 14.2 Å². The molecular formula is C19H24O8. The summed E-state index contributed by atoms with van der Waals surface area (Å²) in [6.45, 7) is 11.9. The van der Waals surface area contributed by atoms with Gasteiger partial charge in [-0.05, 0) is 30.6 Å². The molecule has 27 heavy (non-hydrogen) atoms. The molecule has 0 amide bonds. The largest absolute Gasteiger partial charge is 0.458 e. The van der Waals surface area contributed by atoms with Crippen LogP contribution in [-0.4, -0.2) is 47.6 Å². The summed E-state index contributed by atoms with van der Waals surface area (Å²) < 4.78 is 16.0. The molecule has 1 heterocycles. The molecule has 1 saturated heterocycles. The molecule has 5 atom stereocenters. The van der Waals surface area contributed by atoms with Gasteiger partial charge in [0.05, 0.1) is 0 Å². The third-order valence-electron chi connectivity index (χ3n) is 4.75. The zero-order valence-electron chi connectivity index (χ0n) is 15.6. The van der Waals surface area contributed by atoms with E-state index in [0.29, 0.717) is 5.57 Å². The Morgan fingerprint density at radius 1 is 1.11 bits per heavy atom. The highest BCUT2D eigenvalue weighted by Gasteiger charge is 2.42. The van der Waals surface area contributed by atoms with Crippen molar-refractivity contribution < 1.29 is 38.7 Å². The van der Waals surface area contributed by atoms with Gasteiger partial charge in [0.15, 0.2) is 0 Å². The SMILES string of the molecule is C=C1[C@@H](OC(C)=O)C[C@H]2C(=C)C(=O)O[C@@H]2C=C(C)[C@@H](OC(C)=O)C[C@H]1OO. The van der Waals surface area contributed by atoms with Crippen molar-refractivity contribution >= 4 is 17.9 Å². The van der Waals surface area contributed by atoms with Crippen molar-refractivity contribution in [1.82, 2.24) is 0 Å². The van der Waals surface area contributed by atoms with Gasteiger partial charge in [-0.2, -0.15) is 0 Å². The van der Waals surface area contributed by atoms with Crippen LogP contribution < -0.4 is 0 Å². The van der Waals surface area contributed by atoms with Crippen LogP contribution in [0.1, 0.15) is 33.6 Å². The maximum atomic E-state index is 12.0. The standard InChI is InChI=1S/C19H24O8/c1-9-6-18-14(10(2)19(22)26-18)7-16(25-13(5)21)11(3)17(27-23)8-15(9)24-12(4)20/h6,14-18,23H,2-3,7-8H2,1,4-5H3/t14-,15-,16-,17+,18+/m0/s1. The first-order valence-corrected chi connectivity index (χ1v) is 8.55. The van der Waals surface area contributed by atoms with Gasteiger partial charge in [0.1, 0.15) is 24.4 Å². The maximum Gasteiger partial charge on any atom is 0.334 e. The van der Waals surface area contributed by atoms with Gasteiger partial charge in [-0.15, -0.1) is 0 Å². The molecule has 2 aliphatic rings. The van der Waals surface area contributed by atoms with Crippen LogP contribution in [0, 0.1) is 5.92 Å². The lowest BCUT2D eigenvalue weighted by atomic mass is 9.84. The second-order valence-corrected chi connectivity index (χ2v) is 6.75. The van der Waals surface area contributed by atoms with E-state index in [9.17, 15) is 19.6 Å². The van der Waals surface area contributed by atoms with Gasteiger partial charge in [-0.1, -0.05) is 13.2 Å². The molecule has 0 aromatic carbocycles. The van der Waals surface area contributed by atoms with Gasteiger partial charge >= 0.3 is 17.9 Å². The highest BCUT2D eigenvalue weighted by atomic mass is 17.1. The van der Waals surface area contributed by atoms with Crippen molar-refractivity contribution in [3.8, 4) is 0 Å². The minimum atomic E-state index is -0.954. The van der Waals surface area contributed by atoms with Crippen LogP contribution in [0.3, 0.4) is 0 Å². The lowest BCUT2D eigenvalue weighted by molar-refractivity contribution is -0.275. The van der Waals surface area contributed by atoms with Gasteiger partial charge in [0, 0.05) is 31.8 Å². The topological polar surface area (TPSA) is 108 Å². The van der Waals surface area contributed by atoms with Gasteiger partial charge < -0.3 is 14.2 Å². The molecule has 0 aromatic heterocycles. The molecule has 0 aromatic rings. The third-order valence-corrected chi connectivity index (χ3v) is 4.75. The molecule has 0 bridgehead atoms. The Hall–Kier alpha value is -2.45. The molecule has 148 valence electrons. The number of carbonyl (C=O) groups is 3. The normalized spacial score (nSPS) is 31.5. The number of hydrogen-bond donors (Lipinski definition) is 1. The van der Waals surface area contributed by atoms with E-state index in [1.54, 1.807) is 13.0 Å². The molecule has 8 nitrogen and oxygen atoms in total. The summed E-state index contributed by atoms with van der Waals surface area (Å²) in [6.07, 6.45) is -1.26. The van der Waals surface area contributed by atoms with E-state index in [-0.39, 0.29) is 24.0 Å². The third kappa shape index (κ3) is 4.84. The summed E-state index contributed by atoms with van der Waals surface area (Å²) in [5, 5.41) is 9.35. The average Bonchev–Trinajstić information content (AvgIpc) is 2.83. The van der Waals surface area contributed by atoms with Crippen molar-refractivity contribution in [2.45, 2.75) is 58.0 Å². The number of fused-ring (bicyclic) bond motifs is 1. The van der Waals surface area contributed by atoms with Crippen LogP contribution in [0.2, 0.25) is 0 Å². The molecule has 0 radical (unpaired) electrons. The Bertz CT molecular complexity index is 692. The zero-order valence-corrected chi connectivity index (χ0v) is 15.6. The van der Waals surface area contributed by atoms with Crippen LogP contribution in [-0.2, 0) is 33.5 Å². The van der Waals surface area contributed by atoms with E-state index in [2.05, 4.69) is 18.0 Å². The maximum absolute atomic E-state index is 12.0. The van der Waals surface area contributed by atoms with Crippen molar-refractivity contribution in [2.24, 2.45) is 5.92 Å². The molecule has 0 unspecified atom stereocenters. The van der Waals surface area contributed by atoms with E-state index < -0.39 is 48.2 Å². The predicted octanol–water partition coefficient (Wildman–Crippen LogP) is 2.10. The average molecular weight is 380 g/mol. The van der Waals surface area contributed by atoms with Gasteiger partial charge in [-0.3, -0.25) is 14.8 Å². The number of esters is 3. The molecule has 0 spiro atoms. The van der Waals surface area contributed by atoms with Crippen LogP contribution in [0.4, 0.5) is 0 Å². The Kier molecular flexibility index (Phi) is 6.56. The van der Waals surface area contributed by atoms with E-state index >= 15 is 0 Å². The summed E-state index contributed by atoms with van der Waals surface area (Å²) in [4.78, 5) is 39.6. The van der Waals surface area contributed by atoms with E-state index in [1.807, 2.05) is 0 Å². The van der Waals surface area contributed by atoms with Crippen molar-refractivity contribution in [3.05, 3.63) is 36.0 Å². The van der Waals surface area contributed by atoms with Gasteiger partial charge in [-0.25, -0.2) is 9.68 Å². The van der Waals surface area contributed by atoms with E-state index in [1.165, 1.54) is 13.8 Å². The fourth-order valence-electron chi connectivity index (χ4n) is 3.32. The fourth-order valence-corrected chi connectivity index (χ4v) is 3.32. The molecule has 1 aliphatic heterocycles. The fraction of sp³-hybridized carbons (Fsp3) is 0.526. The van der Waals surface area contributed by atoms with E-state index in [0.717, 1.165) is 0 Å². The molecule has 1 aliphatic carbocycles. The first-order chi connectivity index (χ1) is 12.6. The summed E-state index contributed by atoms with van der Waals surface area (Å²) in [5.41, 5.74) is 1.16. The molecule has 1 fully saturated rings. The second kappa shape index (κ2) is 8.49. The molecule has 0 saturated carbocycles. The lowest BCUT2D eigenvalue weighted by Crippen LogP contribution is -2.36. The summed E-state index contributed by atoms with van der Waals surface area (Å²) >= 11 is 0. The number of hydrogen-bond acceptors (Lipinski definition) is 8. The first-order valence-electron chi connectivity index (χ1n) is 8.55. The molecule has 1 N–H and O–H groups in total. The number of carbonyl (C=O) groups excluding carboxylic acids is 3. The number of rotatable bonds is 3. The summed E-state index contributed by atoms with van der Waals surface area (Å²) in [7, 11) is 0. The van der Waals surface area contributed by atoms with Crippen molar-refractivity contribution in [1.29, 1.82) is 0 Å². The van der Waals surface area contributed by atoms with Crippen molar-refractivity contribution in [2.75, 3.05) is 0 Å². The second-order valence-electron chi connectivity index (χ2n) is 6.75. The Morgan fingerprint density at radius 2 is 1.70 bits per heavy atom. The smallest absolute Gasteiger partial charge is 0.334 e. The minimum absolute atomic E-state index is 0.0568. The molecule has 2 rings (SSSR count). The molecule has 8 heteroatoms. The summed E-state index contributed by atoms with van der Waals surface area (Å²) in [6, 6.07) is 0. The summed E-state index contributed by atoms with van der Waals surface area (Å²) in [5.74, 6) is -2.08. The van der Waals surface area contributed by atoms with Gasteiger partial charge in [0.25, 0.3) is 0 Å². The highest BCUT2D eigenvalue weighted by molar-refractivity contribution is 5.91. The Morgan fingerprint density at radius 3 is 2.26 bits per heavy atom. The van der Waals surface area contributed by atoms with Crippen molar-refractivity contribution in [3.63, 3.8) is 0 Å². The highest BCUT2D eigenvalue weighted by Crippen LogP contribution is 2.37. The Balaban J connectivity index is 2.48. The molecular weight excluding hydrogens is 356 g/mol. The first kappa shape index (κ1) is 20.9. The lowest BCUT2D eigenvalue weighted by Gasteiger charge is -2.31. The van der Waals surface area contributed by atoms with Crippen LogP contribution in [0.5, 0.6) is 0 Å². The van der Waals surface area contributed by atoms with Crippen LogP contribution in [0.15, 0.2) is 36.0 Å². The predicted molar refractivity (Wildman–Crippen MR) is 93.3 cm³/mol. The monoisotopic (exact) mass is 380 g/mol. The quantitative estimate of drug-likeness (QED) is 0.198.